The molecule has 14 nitrogen and oxygen atoms in total. The first kappa shape index (κ1) is 37.9. The Bertz CT molecular complexity index is 1840. The number of non-ortho nitro benzene ring substituents is 2. The van der Waals surface area contributed by atoms with Crippen molar-refractivity contribution < 1.29 is 29.0 Å². The molecule has 0 saturated heterocycles. The van der Waals surface area contributed by atoms with Gasteiger partial charge in [0.2, 0.25) is 0 Å². The molecule has 4 N–H and O–H groups in total. The molecule has 266 valence electrons. The Morgan fingerprint density at radius 2 is 0.904 bits per heavy atom. The quantitative estimate of drug-likeness (QED) is 0.0475. The monoisotopic (exact) mass is 704 g/mol. The van der Waals surface area contributed by atoms with Crippen LogP contribution in [0, 0.1) is 20.2 Å². The van der Waals surface area contributed by atoms with Crippen LogP contribution < -0.4 is 21.3 Å². The number of hydrogen-bond acceptors (Lipinski definition) is 8. The van der Waals surface area contributed by atoms with Crippen molar-refractivity contribution in [1.82, 2.24) is 21.3 Å². The number of amides is 4. The average molecular weight is 705 g/mol. The van der Waals surface area contributed by atoms with Crippen LogP contribution in [0.5, 0.6) is 0 Å². The third-order valence-corrected chi connectivity index (χ3v) is 7.52. The highest BCUT2D eigenvalue weighted by molar-refractivity contribution is 6.06. The highest BCUT2D eigenvalue weighted by atomic mass is 16.6. The molecule has 0 atom stereocenters. The third-order valence-electron chi connectivity index (χ3n) is 7.52. The zero-order valence-corrected chi connectivity index (χ0v) is 28.0. The van der Waals surface area contributed by atoms with Crippen molar-refractivity contribution in [3.63, 3.8) is 0 Å². The van der Waals surface area contributed by atoms with E-state index >= 15 is 0 Å². The summed E-state index contributed by atoms with van der Waals surface area (Å²) in [7, 11) is 0. The van der Waals surface area contributed by atoms with Crippen LogP contribution in [0.15, 0.2) is 121 Å². The van der Waals surface area contributed by atoms with Crippen molar-refractivity contribution in [3.05, 3.63) is 163 Å². The lowest BCUT2D eigenvalue weighted by molar-refractivity contribution is -0.385. The molecule has 0 radical (unpaired) electrons. The number of hydrogen-bond donors (Lipinski definition) is 4. The van der Waals surface area contributed by atoms with Crippen LogP contribution in [0.2, 0.25) is 0 Å². The summed E-state index contributed by atoms with van der Waals surface area (Å²) in [6, 6.07) is 28.2. The largest absolute Gasteiger partial charge is 0.351 e. The summed E-state index contributed by atoms with van der Waals surface area (Å²) < 4.78 is 0. The van der Waals surface area contributed by atoms with Gasteiger partial charge < -0.3 is 21.3 Å². The van der Waals surface area contributed by atoms with Crippen molar-refractivity contribution in [2.24, 2.45) is 0 Å². The first-order chi connectivity index (χ1) is 25.1. The number of carbonyl (C=O) groups is 4. The van der Waals surface area contributed by atoms with E-state index in [0.717, 1.165) is 12.1 Å². The van der Waals surface area contributed by atoms with Gasteiger partial charge in [-0.05, 0) is 48.3 Å². The lowest BCUT2D eigenvalue weighted by Crippen LogP contribution is -2.35. The zero-order chi connectivity index (χ0) is 37.3. The summed E-state index contributed by atoms with van der Waals surface area (Å²) in [4.78, 5) is 73.1. The Labute approximate surface area is 298 Å². The lowest BCUT2D eigenvalue weighted by atomic mass is 10.1. The predicted octanol–water partition coefficient (Wildman–Crippen LogP) is 5.54. The summed E-state index contributed by atoms with van der Waals surface area (Å²) in [5.74, 6) is -2.40. The molecular weight excluding hydrogens is 668 g/mol. The number of nitrogens with one attached hydrogen (secondary N) is 4. The molecule has 0 aliphatic carbocycles. The Balaban J connectivity index is 1.26. The van der Waals surface area contributed by atoms with E-state index in [1.807, 2.05) is 12.1 Å². The molecule has 0 saturated carbocycles. The van der Waals surface area contributed by atoms with E-state index in [0.29, 0.717) is 49.9 Å². The van der Waals surface area contributed by atoms with Gasteiger partial charge in [0, 0.05) is 48.5 Å². The smallest absolute Gasteiger partial charge is 0.270 e. The van der Waals surface area contributed by atoms with E-state index in [1.54, 1.807) is 48.5 Å². The lowest BCUT2D eigenvalue weighted by Gasteiger charge is -2.12. The molecule has 0 aliphatic heterocycles. The second-order valence-electron chi connectivity index (χ2n) is 11.4. The van der Waals surface area contributed by atoms with Crippen molar-refractivity contribution in [2.75, 3.05) is 13.1 Å². The van der Waals surface area contributed by atoms with Crippen molar-refractivity contribution in [2.45, 2.75) is 25.7 Å². The molecule has 4 rings (SSSR count). The van der Waals surface area contributed by atoms with Gasteiger partial charge in [0.25, 0.3) is 35.0 Å². The van der Waals surface area contributed by atoms with Gasteiger partial charge in [-0.3, -0.25) is 39.4 Å². The standard InChI is InChI=1S/C38H36N6O8/c45-35(29-17-11-19-31(25-29)43(49)50)41-33(23-27-13-5-3-6-14-27)37(47)39-21-9-1-2-10-22-40-38(48)34(24-28-15-7-4-8-16-28)42-36(46)30-18-12-20-32(26-30)44(51)52/h3-8,11-20,23-26H,1-2,9-10,21-22H2,(H,39,47)(H,40,48)(H,41,45)(H,42,46)/b33-23-,34-24-. The zero-order valence-electron chi connectivity index (χ0n) is 28.0. The SMILES string of the molecule is O=C(NCCCCCCNC(=O)/C(=C/c1ccccc1)NC(=O)c1cccc([N+](=O)[O-])c1)/C(=C/c1ccccc1)NC(=O)c1cccc([N+](=O)[O-])c1. The Morgan fingerprint density at radius 3 is 1.27 bits per heavy atom. The van der Waals surface area contributed by atoms with Gasteiger partial charge in [-0.25, -0.2) is 0 Å². The molecule has 0 fully saturated rings. The van der Waals surface area contributed by atoms with Crippen LogP contribution in [0.25, 0.3) is 12.2 Å². The number of benzene rings is 4. The normalized spacial score (nSPS) is 11.2. The van der Waals surface area contributed by atoms with Crippen molar-refractivity contribution in [3.8, 4) is 0 Å². The summed E-state index contributed by atoms with van der Waals surface area (Å²) in [5, 5.41) is 33.0. The van der Waals surface area contributed by atoms with Crippen LogP contribution in [-0.2, 0) is 9.59 Å². The minimum absolute atomic E-state index is 0.0256. The number of nitrogens with zero attached hydrogens (tertiary/aromatic N) is 2. The fraction of sp³-hybridized carbons (Fsp3) is 0.158. The van der Waals surface area contributed by atoms with E-state index in [1.165, 1.54) is 48.6 Å². The number of nitro benzene ring substituents is 2. The van der Waals surface area contributed by atoms with Gasteiger partial charge in [-0.1, -0.05) is 85.6 Å². The Hall–Kier alpha value is -6.96. The number of unbranched alkanes of at least 4 members (excludes halogenated alkanes) is 3. The summed E-state index contributed by atoms with van der Waals surface area (Å²) in [6.45, 7) is 0.606. The first-order valence-corrected chi connectivity index (χ1v) is 16.3. The molecule has 4 aromatic rings. The van der Waals surface area contributed by atoms with Crippen LogP contribution in [-0.4, -0.2) is 46.6 Å². The number of carbonyl (C=O) groups excluding carboxylic acids is 4. The van der Waals surface area contributed by atoms with Gasteiger partial charge >= 0.3 is 0 Å². The molecule has 0 unspecified atom stereocenters. The van der Waals surface area contributed by atoms with Gasteiger partial charge in [0.05, 0.1) is 9.85 Å². The molecular formula is C38H36N6O8. The molecule has 4 aromatic carbocycles. The van der Waals surface area contributed by atoms with Gasteiger partial charge in [-0.2, -0.15) is 0 Å². The van der Waals surface area contributed by atoms with Crippen LogP contribution in [0.1, 0.15) is 57.5 Å². The molecule has 4 amide bonds. The third kappa shape index (κ3) is 11.9. The van der Waals surface area contributed by atoms with E-state index in [-0.39, 0.29) is 33.9 Å². The Kier molecular flexibility index (Phi) is 14.0. The second-order valence-corrected chi connectivity index (χ2v) is 11.4. The number of nitro groups is 2. The van der Waals surface area contributed by atoms with E-state index < -0.39 is 33.5 Å². The number of rotatable bonds is 17. The van der Waals surface area contributed by atoms with Crippen molar-refractivity contribution in [1.29, 1.82) is 0 Å². The molecule has 52 heavy (non-hydrogen) atoms. The average Bonchev–Trinajstić information content (AvgIpc) is 3.16. The van der Waals surface area contributed by atoms with E-state index in [4.69, 9.17) is 0 Å². The highest BCUT2D eigenvalue weighted by Crippen LogP contribution is 2.16. The molecule has 0 aromatic heterocycles. The maximum absolute atomic E-state index is 13.1. The molecule has 14 heteroatoms. The van der Waals surface area contributed by atoms with Gasteiger partial charge in [-0.15, -0.1) is 0 Å². The fourth-order valence-electron chi connectivity index (χ4n) is 4.86. The van der Waals surface area contributed by atoms with Crippen LogP contribution >= 0.6 is 0 Å². The summed E-state index contributed by atoms with van der Waals surface area (Å²) >= 11 is 0. The minimum Gasteiger partial charge on any atom is -0.351 e. The highest BCUT2D eigenvalue weighted by Gasteiger charge is 2.18. The second kappa shape index (κ2) is 19.3. The van der Waals surface area contributed by atoms with Gasteiger partial charge in [0.1, 0.15) is 11.4 Å². The topological polar surface area (TPSA) is 203 Å². The summed E-state index contributed by atoms with van der Waals surface area (Å²) in [6.07, 6.45) is 5.67. The molecule has 0 aliphatic rings. The van der Waals surface area contributed by atoms with Crippen LogP contribution in [0.3, 0.4) is 0 Å². The molecule has 0 spiro atoms. The van der Waals surface area contributed by atoms with Crippen molar-refractivity contribution >= 4 is 47.2 Å². The summed E-state index contributed by atoms with van der Waals surface area (Å²) in [5.41, 5.74) is 0.836. The van der Waals surface area contributed by atoms with E-state index in [2.05, 4.69) is 21.3 Å². The van der Waals surface area contributed by atoms with Gasteiger partial charge in [0.15, 0.2) is 0 Å². The first-order valence-electron chi connectivity index (χ1n) is 16.3. The Morgan fingerprint density at radius 1 is 0.519 bits per heavy atom. The van der Waals surface area contributed by atoms with Crippen LogP contribution in [0.4, 0.5) is 11.4 Å². The maximum Gasteiger partial charge on any atom is 0.270 e. The predicted molar refractivity (Wildman–Crippen MR) is 194 cm³/mol. The molecule has 0 heterocycles. The van der Waals surface area contributed by atoms with E-state index in [9.17, 15) is 39.4 Å². The fourth-order valence-corrected chi connectivity index (χ4v) is 4.86. The minimum atomic E-state index is -0.673. The molecule has 0 bridgehead atoms. The maximum atomic E-state index is 13.1.